The molecule has 0 saturated carbocycles. The van der Waals surface area contributed by atoms with Crippen LogP contribution in [-0.4, -0.2) is 22.0 Å². The third-order valence-electron chi connectivity index (χ3n) is 3.61. The second kappa shape index (κ2) is 9.32. The topological polar surface area (TPSA) is 98.7 Å². The fourth-order valence-corrected chi connectivity index (χ4v) is 2.28. The number of benzene rings is 2. The van der Waals surface area contributed by atoms with Crippen LogP contribution in [0, 0.1) is 0 Å². The molecular formula is C19H22N2O4. The summed E-state index contributed by atoms with van der Waals surface area (Å²) in [4.78, 5) is 23.6. The number of unbranched alkanes of at least 4 members (excludes halogenated alkanes) is 2. The molecule has 0 bridgehead atoms. The smallest absolute Gasteiger partial charge is 0.224 e. The standard InChI is InChI=1S/C19H22N2O4/c22-16-10-6-14(7-11-16)20-18(24)4-2-1-3-5-19(25)21-15-8-12-17(23)13-9-15/h6-13,22-23H,1-5H2,(H,20,24)(H,21,25). The number of phenolic OH excluding ortho intramolecular Hbond substituents is 2. The van der Waals surface area contributed by atoms with Crippen LogP contribution in [0.2, 0.25) is 0 Å². The second-order valence-corrected chi connectivity index (χ2v) is 5.75. The van der Waals surface area contributed by atoms with E-state index >= 15 is 0 Å². The maximum absolute atomic E-state index is 11.8. The Morgan fingerprint density at radius 2 is 1.00 bits per heavy atom. The summed E-state index contributed by atoms with van der Waals surface area (Å²) >= 11 is 0. The minimum absolute atomic E-state index is 0.0840. The highest BCUT2D eigenvalue weighted by Crippen LogP contribution is 2.15. The maximum atomic E-state index is 11.8. The van der Waals surface area contributed by atoms with Crippen LogP contribution in [0.4, 0.5) is 11.4 Å². The first-order valence-corrected chi connectivity index (χ1v) is 8.21. The van der Waals surface area contributed by atoms with Crippen molar-refractivity contribution < 1.29 is 19.8 Å². The molecule has 2 aromatic carbocycles. The molecular weight excluding hydrogens is 320 g/mol. The van der Waals surface area contributed by atoms with Gasteiger partial charge >= 0.3 is 0 Å². The molecule has 2 rings (SSSR count). The molecule has 0 spiro atoms. The first kappa shape index (κ1) is 18.3. The number of nitrogens with one attached hydrogen (secondary N) is 2. The molecule has 0 aromatic heterocycles. The van der Waals surface area contributed by atoms with Crippen LogP contribution in [-0.2, 0) is 9.59 Å². The van der Waals surface area contributed by atoms with E-state index in [4.69, 9.17) is 0 Å². The molecule has 0 saturated heterocycles. The molecule has 0 aliphatic carbocycles. The van der Waals surface area contributed by atoms with Crippen LogP contribution in [0.3, 0.4) is 0 Å². The third kappa shape index (κ3) is 6.95. The molecule has 6 nitrogen and oxygen atoms in total. The van der Waals surface area contributed by atoms with Crippen LogP contribution in [0.5, 0.6) is 11.5 Å². The largest absolute Gasteiger partial charge is 0.508 e. The summed E-state index contributed by atoms with van der Waals surface area (Å²) in [5, 5.41) is 23.9. The van der Waals surface area contributed by atoms with Crippen molar-refractivity contribution in [3.05, 3.63) is 48.5 Å². The van der Waals surface area contributed by atoms with Crippen molar-refractivity contribution in [2.75, 3.05) is 10.6 Å². The van der Waals surface area contributed by atoms with Gasteiger partial charge in [-0.05, 0) is 61.4 Å². The van der Waals surface area contributed by atoms with Gasteiger partial charge in [0.1, 0.15) is 11.5 Å². The molecule has 6 heteroatoms. The van der Waals surface area contributed by atoms with E-state index in [0.717, 1.165) is 6.42 Å². The van der Waals surface area contributed by atoms with E-state index in [1.54, 1.807) is 24.3 Å². The van der Waals surface area contributed by atoms with Gasteiger partial charge in [0, 0.05) is 24.2 Å². The number of rotatable bonds is 8. The fraction of sp³-hybridized carbons (Fsp3) is 0.263. The highest BCUT2D eigenvalue weighted by molar-refractivity contribution is 5.91. The lowest BCUT2D eigenvalue weighted by Crippen LogP contribution is -2.12. The van der Waals surface area contributed by atoms with E-state index in [1.807, 2.05) is 0 Å². The minimum atomic E-state index is -0.0840. The summed E-state index contributed by atoms with van der Waals surface area (Å²) in [7, 11) is 0. The van der Waals surface area contributed by atoms with Crippen LogP contribution >= 0.6 is 0 Å². The van der Waals surface area contributed by atoms with Gasteiger partial charge in [-0.25, -0.2) is 0 Å². The van der Waals surface area contributed by atoms with Gasteiger partial charge in [0.15, 0.2) is 0 Å². The van der Waals surface area contributed by atoms with Gasteiger partial charge < -0.3 is 20.8 Å². The molecule has 0 atom stereocenters. The van der Waals surface area contributed by atoms with E-state index in [0.29, 0.717) is 37.1 Å². The van der Waals surface area contributed by atoms with Crippen molar-refractivity contribution in [2.45, 2.75) is 32.1 Å². The Balaban J connectivity index is 1.57. The van der Waals surface area contributed by atoms with Crippen molar-refractivity contribution in [1.82, 2.24) is 0 Å². The molecule has 2 amide bonds. The molecule has 4 N–H and O–H groups in total. The normalized spacial score (nSPS) is 10.2. The van der Waals surface area contributed by atoms with Gasteiger partial charge in [-0.2, -0.15) is 0 Å². The number of carbonyl (C=O) groups is 2. The Morgan fingerprint density at radius 3 is 1.36 bits per heavy atom. The summed E-state index contributed by atoms with van der Waals surface area (Å²) in [6.07, 6.45) is 2.97. The first-order chi connectivity index (χ1) is 12.0. The lowest BCUT2D eigenvalue weighted by Gasteiger charge is -2.06. The zero-order valence-corrected chi connectivity index (χ0v) is 13.9. The third-order valence-corrected chi connectivity index (χ3v) is 3.61. The van der Waals surface area contributed by atoms with Gasteiger partial charge in [0.25, 0.3) is 0 Å². The lowest BCUT2D eigenvalue weighted by atomic mass is 10.1. The average molecular weight is 342 g/mol. The van der Waals surface area contributed by atoms with Crippen molar-refractivity contribution in [3.8, 4) is 11.5 Å². The van der Waals surface area contributed by atoms with Crippen molar-refractivity contribution in [3.63, 3.8) is 0 Å². The lowest BCUT2D eigenvalue weighted by molar-refractivity contribution is -0.116. The highest BCUT2D eigenvalue weighted by atomic mass is 16.3. The maximum Gasteiger partial charge on any atom is 0.224 e. The van der Waals surface area contributed by atoms with E-state index < -0.39 is 0 Å². The Morgan fingerprint density at radius 1 is 0.640 bits per heavy atom. The molecule has 0 aliphatic heterocycles. The molecule has 0 aliphatic rings. The molecule has 25 heavy (non-hydrogen) atoms. The van der Waals surface area contributed by atoms with Crippen molar-refractivity contribution >= 4 is 23.2 Å². The predicted octanol–water partition coefficient (Wildman–Crippen LogP) is 3.63. The molecule has 0 fully saturated rings. The Hall–Kier alpha value is -3.02. The van der Waals surface area contributed by atoms with Crippen LogP contribution in [0.15, 0.2) is 48.5 Å². The van der Waals surface area contributed by atoms with Gasteiger partial charge in [0.2, 0.25) is 11.8 Å². The zero-order valence-electron chi connectivity index (χ0n) is 13.9. The number of aromatic hydroxyl groups is 2. The van der Waals surface area contributed by atoms with E-state index in [-0.39, 0.29) is 23.3 Å². The molecule has 0 radical (unpaired) electrons. The number of amides is 2. The van der Waals surface area contributed by atoms with E-state index in [1.165, 1.54) is 24.3 Å². The minimum Gasteiger partial charge on any atom is -0.508 e. The van der Waals surface area contributed by atoms with Gasteiger partial charge in [-0.15, -0.1) is 0 Å². The van der Waals surface area contributed by atoms with Gasteiger partial charge in [-0.1, -0.05) is 6.42 Å². The monoisotopic (exact) mass is 342 g/mol. The molecule has 0 heterocycles. The average Bonchev–Trinajstić information content (AvgIpc) is 2.59. The van der Waals surface area contributed by atoms with Crippen molar-refractivity contribution in [2.24, 2.45) is 0 Å². The number of hydrogen-bond acceptors (Lipinski definition) is 4. The van der Waals surface area contributed by atoms with Crippen LogP contribution in [0.1, 0.15) is 32.1 Å². The number of hydrogen-bond donors (Lipinski definition) is 4. The summed E-state index contributed by atoms with van der Waals surface area (Å²) in [5.74, 6) is 0.144. The molecule has 0 unspecified atom stereocenters. The zero-order chi connectivity index (χ0) is 18.1. The number of carbonyl (C=O) groups excluding carboxylic acids is 2. The number of phenols is 2. The van der Waals surface area contributed by atoms with Gasteiger partial charge in [-0.3, -0.25) is 9.59 Å². The van der Waals surface area contributed by atoms with E-state index in [2.05, 4.69) is 10.6 Å². The Bertz CT molecular complexity index is 635. The Kier molecular flexibility index (Phi) is 6.83. The van der Waals surface area contributed by atoms with Crippen molar-refractivity contribution in [1.29, 1.82) is 0 Å². The number of anilines is 2. The van der Waals surface area contributed by atoms with Crippen LogP contribution < -0.4 is 10.6 Å². The summed E-state index contributed by atoms with van der Waals surface area (Å²) in [6, 6.07) is 12.6. The molecule has 2 aromatic rings. The summed E-state index contributed by atoms with van der Waals surface area (Å²) in [6.45, 7) is 0. The van der Waals surface area contributed by atoms with Crippen LogP contribution in [0.25, 0.3) is 0 Å². The summed E-state index contributed by atoms with van der Waals surface area (Å²) < 4.78 is 0. The summed E-state index contributed by atoms with van der Waals surface area (Å²) in [5.41, 5.74) is 1.30. The highest BCUT2D eigenvalue weighted by Gasteiger charge is 2.05. The second-order valence-electron chi connectivity index (χ2n) is 5.75. The SMILES string of the molecule is O=C(CCCCCC(=O)Nc1ccc(O)cc1)Nc1ccc(O)cc1. The van der Waals surface area contributed by atoms with E-state index in [9.17, 15) is 19.8 Å². The Labute approximate surface area is 146 Å². The first-order valence-electron chi connectivity index (χ1n) is 8.21. The molecule has 132 valence electrons. The van der Waals surface area contributed by atoms with Gasteiger partial charge in [0.05, 0.1) is 0 Å². The fourth-order valence-electron chi connectivity index (χ4n) is 2.28. The quantitative estimate of drug-likeness (QED) is 0.435. The predicted molar refractivity (Wildman–Crippen MR) is 96.6 cm³/mol.